The van der Waals surface area contributed by atoms with Crippen molar-refractivity contribution in [1.82, 2.24) is 0 Å². The van der Waals surface area contributed by atoms with Crippen LogP contribution in [-0.4, -0.2) is 30.4 Å². The fourth-order valence-electron chi connectivity index (χ4n) is 2.94. The number of hydrazone groups is 1. The maximum atomic E-state index is 11.0. The van der Waals surface area contributed by atoms with E-state index in [1.807, 2.05) is 12.1 Å². The van der Waals surface area contributed by atoms with Crippen LogP contribution in [0.2, 0.25) is 0 Å². The van der Waals surface area contributed by atoms with Crippen LogP contribution in [0.5, 0.6) is 0 Å². The zero-order valence-corrected chi connectivity index (χ0v) is 14.4. The minimum Gasteiger partial charge on any atom is -0.478 e. The molecule has 0 atom stereocenters. The van der Waals surface area contributed by atoms with Crippen LogP contribution >= 0.6 is 0 Å². The van der Waals surface area contributed by atoms with Gasteiger partial charge in [-0.3, -0.25) is 5.43 Å². The normalized spacial score (nSPS) is 15.5. The summed E-state index contributed by atoms with van der Waals surface area (Å²) in [7, 11) is 0. The van der Waals surface area contributed by atoms with E-state index in [2.05, 4.69) is 34.5 Å². The molecule has 0 amide bonds. The van der Waals surface area contributed by atoms with Crippen molar-refractivity contribution in [2.75, 3.05) is 23.4 Å². The monoisotopic (exact) mass is 337 g/mol. The second kappa shape index (κ2) is 7.83. The van der Waals surface area contributed by atoms with Crippen LogP contribution < -0.4 is 10.3 Å². The van der Waals surface area contributed by atoms with Gasteiger partial charge in [0.1, 0.15) is 0 Å². The average Bonchev–Trinajstić information content (AvgIpc) is 2.63. The van der Waals surface area contributed by atoms with Crippen molar-refractivity contribution in [1.29, 1.82) is 0 Å². The van der Waals surface area contributed by atoms with E-state index in [1.54, 1.807) is 30.5 Å². The lowest BCUT2D eigenvalue weighted by molar-refractivity contribution is 0.0697. The number of nitrogens with zero attached hydrogens (tertiary/aromatic N) is 2. The molecule has 0 radical (unpaired) electrons. The lowest BCUT2D eigenvalue weighted by atomic mass is 9.99. The predicted octanol–water partition coefficient (Wildman–Crippen LogP) is 4.07. The third-order valence-corrected chi connectivity index (χ3v) is 4.56. The average molecular weight is 337 g/mol. The zero-order valence-electron chi connectivity index (χ0n) is 14.4. The number of hydrogen-bond acceptors (Lipinski definition) is 4. The highest BCUT2D eigenvalue weighted by Crippen LogP contribution is 2.22. The number of benzene rings is 2. The molecule has 3 rings (SSSR count). The summed E-state index contributed by atoms with van der Waals surface area (Å²) in [4.78, 5) is 13.4. The van der Waals surface area contributed by atoms with Gasteiger partial charge in [-0.15, -0.1) is 0 Å². The Morgan fingerprint density at radius 1 is 1.20 bits per heavy atom. The predicted molar refractivity (Wildman–Crippen MR) is 102 cm³/mol. The first-order chi connectivity index (χ1) is 12.1. The molecule has 0 aromatic heterocycles. The molecule has 0 unspecified atom stereocenters. The Bertz CT molecular complexity index is 748. The molecule has 0 saturated carbocycles. The molecular weight excluding hydrogens is 314 g/mol. The standard InChI is InChI=1S/C20H23N3O2/c1-15-9-11-23(12-10-15)19-7-5-16(6-8-19)14-21-22-18-4-2-3-17(13-18)20(24)25/h2-8,13-15,22H,9-12H2,1H3,(H,24,25). The van der Waals surface area contributed by atoms with Crippen molar-refractivity contribution in [3.05, 3.63) is 59.7 Å². The molecule has 5 heteroatoms. The highest BCUT2D eigenvalue weighted by Gasteiger charge is 2.15. The van der Waals surface area contributed by atoms with Gasteiger partial charge in [-0.25, -0.2) is 4.79 Å². The van der Waals surface area contributed by atoms with E-state index >= 15 is 0 Å². The third kappa shape index (κ3) is 4.59. The Hall–Kier alpha value is -2.82. The largest absolute Gasteiger partial charge is 0.478 e. The van der Waals surface area contributed by atoms with Gasteiger partial charge in [0.05, 0.1) is 17.5 Å². The first-order valence-electron chi connectivity index (χ1n) is 8.59. The molecule has 2 aromatic rings. The van der Waals surface area contributed by atoms with Gasteiger partial charge in [0.2, 0.25) is 0 Å². The number of carboxylic acid groups (broad SMARTS) is 1. The van der Waals surface area contributed by atoms with Crippen LogP contribution in [0.1, 0.15) is 35.7 Å². The molecule has 1 aliphatic rings. The second-order valence-corrected chi connectivity index (χ2v) is 6.52. The summed E-state index contributed by atoms with van der Waals surface area (Å²) >= 11 is 0. The van der Waals surface area contributed by atoms with Crippen molar-refractivity contribution in [2.45, 2.75) is 19.8 Å². The van der Waals surface area contributed by atoms with Crippen molar-refractivity contribution in [3.63, 3.8) is 0 Å². The summed E-state index contributed by atoms with van der Waals surface area (Å²) in [6.07, 6.45) is 4.24. The van der Waals surface area contributed by atoms with E-state index in [0.29, 0.717) is 5.69 Å². The second-order valence-electron chi connectivity index (χ2n) is 6.52. The molecule has 0 bridgehead atoms. The number of carbonyl (C=O) groups is 1. The van der Waals surface area contributed by atoms with Gasteiger partial charge in [-0.05, 0) is 54.7 Å². The van der Waals surface area contributed by atoms with E-state index in [9.17, 15) is 4.79 Å². The minimum absolute atomic E-state index is 0.236. The summed E-state index contributed by atoms with van der Waals surface area (Å²) in [5.41, 5.74) is 6.00. The quantitative estimate of drug-likeness (QED) is 0.638. The van der Waals surface area contributed by atoms with Crippen LogP contribution in [0, 0.1) is 5.92 Å². The van der Waals surface area contributed by atoms with Crippen LogP contribution in [0.25, 0.3) is 0 Å². The zero-order chi connectivity index (χ0) is 17.6. The molecule has 25 heavy (non-hydrogen) atoms. The van der Waals surface area contributed by atoms with Gasteiger partial charge < -0.3 is 10.0 Å². The Morgan fingerprint density at radius 3 is 2.60 bits per heavy atom. The van der Waals surface area contributed by atoms with Crippen molar-refractivity contribution in [2.24, 2.45) is 11.0 Å². The van der Waals surface area contributed by atoms with Crippen molar-refractivity contribution in [3.8, 4) is 0 Å². The minimum atomic E-state index is -0.949. The molecule has 2 N–H and O–H groups in total. The van der Waals surface area contributed by atoms with Crippen molar-refractivity contribution >= 4 is 23.6 Å². The lowest BCUT2D eigenvalue weighted by Gasteiger charge is -2.32. The molecule has 1 aliphatic heterocycles. The number of rotatable bonds is 5. The van der Waals surface area contributed by atoms with Crippen LogP contribution in [0.3, 0.4) is 0 Å². The maximum absolute atomic E-state index is 11.0. The van der Waals surface area contributed by atoms with Gasteiger partial charge in [-0.2, -0.15) is 5.10 Å². The van der Waals surface area contributed by atoms with E-state index in [1.165, 1.54) is 18.5 Å². The van der Waals surface area contributed by atoms with E-state index < -0.39 is 5.97 Å². The van der Waals surface area contributed by atoms with Gasteiger partial charge in [-0.1, -0.05) is 25.1 Å². The molecule has 1 fully saturated rings. The molecule has 5 nitrogen and oxygen atoms in total. The van der Waals surface area contributed by atoms with Crippen LogP contribution in [0.15, 0.2) is 53.6 Å². The molecule has 0 aliphatic carbocycles. The highest BCUT2D eigenvalue weighted by atomic mass is 16.4. The molecule has 1 saturated heterocycles. The van der Waals surface area contributed by atoms with Gasteiger partial charge in [0.25, 0.3) is 0 Å². The molecule has 1 heterocycles. The number of hydrogen-bond donors (Lipinski definition) is 2. The number of aromatic carboxylic acids is 1. The van der Waals surface area contributed by atoms with E-state index in [-0.39, 0.29) is 5.56 Å². The topological polar surface area (TPSA) is 64.9 Å². The van der Waals surface area contributed by atoms with Crippen LogP contribution in [0.4, 0.5) is 11.4 Å². The lowest BCUT2D eigenvalue weighted by Crippen LogP contribution is -2.32. The fraction of sp³-hybridized carbons (Fsp3) is 0.300. The molecule has 0 spiro atoms. The smallest absolute Gasteiger partial charge is 0.335 e. The first-order valence-corrected chi connectivity index (χ1v) is 8.59. The maximum Gasteiger partial charge on any atom is 0.335 e. The molecule has 130 valence electrons. The number of anilines is 2. The summed E-state index contributed by atoms with van der Waals surface area (Å²) in [5, 5.41) is 13.2. The Labute approximate surface area is 148 Å². The third-order valence-electron chi connectivity index (χ3n) is 4.56. The Kier molecular flexibility index (Phi) is 5.33. The SMILES string of the molecule is CC1CCN(c2ccc(C=NNc3cccc(C(=O)O)c3)cc2)CC1. The molecule has 2 aromatic carbocycles. The summed E-state index contributed by atoms with van der Waals surface area (Å²) in [5.74, 6) is -0.122. The van der Waals surface area contributed by atoms with Gasteiger partial charge in [0.15, 0.2) is 0 Å². The van der Waals surface area contributed by atoms with E-state index in [4.69, 9.17) is 5.11 Å². The number of carboxylic acids is 1. The summed E-state index contributed by atoms with van der Waals surface area (Å²) in [6.45, 7) is 4.56. The fourth-order valence-corrected chi connectivity index (χ4v) is 2.94. The van der Waals surface area contributed by atoms with Crippen molar-refractivity contribution < 1.29 is 9.90 Å². The summed E-state index contributed by atoms with van der Waals surface area (Å²) in [6, 6.07) is 14.9. The van der Waals surface area contributed by atoms with Gasteiger partial charge >= 0.3 is 5.97 Å². The van der Waals surface area contributed by atoms with Gasteiger partial charge in [0, 0.05) is 18.8 Å². The first kappa shape index (κ1) is 17.0. The number of piperidine rings is 1. The van der Waals surface area contributed by atoms with Crippen LogP contribution in [-0.2, 0) is 0 Å². The molecular formula is C20H23N3O2. The highest BCUT2D eigenvalue weighted by molar-refractivity contribution is 5.89. The summed E-state index contributed by atoms with van der Waals surface area (Å²) < 4.78 is 0. The Morgan fingerprint density at radius 2 is 1.92 bits per heavy atom. The Balaban J connectivity index is 1.58. The number of nitrogens with one attached hydrogen (secondary N) is 1. The van der Waals surface area contributed by atoms with E-state index in [0.717, 1.165) is 24.6 Å².